The summed E-state index contributed by atoms with van der Waals surface area (Å²) in [6.07, 6.45) is 6.58. The second-order valence-electron chi connectivity index (χ2n) is 8.58. The number of nitrogens with two attached hydrogens (primary N) is 1. The molecule has 1 fully saturated rings. The fraction of sp³-hybridized carbons (Fsp3) is 0.320. The largest absolute Gasteiger partial charge is 0.383 e. The Labute approximate surface area is 197 Å². The number of nitrogens with one attached hydrogen (secondary N) is 2. The van der Waals surface area contributed by atoms with Crippen molar-refractivity contribution in [3.05, 3.63) is 53.2 Å². The Morgan fingerprint density at radius 3 is 2.85 bits per heavy atom. The number of aromatic amines is 1. The molecule has 170 valence electrons. The van der Waals surface area contributed by atoms with Crippen molar-refractivity contribution in [2.75, 3.05) is 31.9 Å². The lowest BCUT2D eigenvalue weighted by Gasteiger charge is -2.26. The highest BCUT2D eigenvalue weighted by atomic mass is 35.5. The van der Waals surface area contributed by atoms with E-state index in [2.05, 4.69) is 20.2 Å². The summed E-state index contributed by atoms with van der Waals surface area (Å²) in [5, 5.41) is 5.45. The van der Waals surface area contributed by atoms with Crippen LogP contribution < -0.4 is 11.1 Å². The van der Waals surface area contributed by atoms with E-state index in [-0.39, 0.29) is 5.91 Å². The van der Waals surface area contributed by atoms with Crippen molar-refractivity contribution in [1.29, 1.82) is 0 Å². The molecule has 4 aromatic rings. The summed E-state index contributed by atoms with van der Waals surface area (Å²) in [5.74, 6) is 0.891. The molecular formula is C25H27ClN6O. The third kappa shape index (κ3) is 4.65. The summed E-state index contributed by atoms with van der Waals surface area (Å²) in [4.78, 5) is 27.5. The minimum Gasteiger partial charge on any atom is -0.383 e. The molecule has 1 amide bonds. The zero-order chi connectivity index (χ0) is 22.8. The van der Waals surface area contributed by atoms with Crippen LogP contribution in [0.15, 0.2) is 42.6 Å². The number of pyridine rings is 1. The number of piperidine rings is 1. The van der Waals surface area contributed by atoms with Crippen LogP contribution in [0.4, 0.5) is 5.82 Å². The highest BCUT2D eigenvalue weighted by molar-refractivity contribution is 6.31. The van der Waals surface area contributed by atoms with E-state index in [1.807, 2.05) is 30.3 Å². The van der Waals surface area contributed by atoms with Gasteiger partial charge < -0.3 is 20.9 Å². The molecule has 5 rings (SSSR count). The number of rotatable bonds is 6. The van der Waals surface area contributed by atoms with E-state index in [0.717, 1.165) is 34.8 Å². The number of carbonyl (C=O) groups excluding carboxylic acids is 1. The van der Waals surface area contributed by atoms with Gasteiger partial charge in [0.15, 0.2) is 0 Å². The quantitative estimate of drug-likeness (QED) is 0.363. The highest BCUT2D eigenvalue weighted by Gasteiger charge is 2.16. The molecule has 33 heavy (non-hydrogen) atoms. The Hall–Kier alpha value is -3.16. The Morgan fingerprint density at radius 2 is 2.00 bits per heavy atom. The fourth-order valence-electron chi connectivity index (χ4n) is 4.51. The zero-order valence-electron chi connectivity index (χ0n) is 18.4. The van der Waals surface area contributed by atoms with Gasteiger partial charge >= 0.3 is 0 Å². The first kappa shape index (κ1) is 21.7. The maximum absolute atomic E-state index is 12.7. The third-order valence-electron chi connectivity index (χ3n) is 6.25. The number of hydrogen-bond donors (Lipinski definition) is 3. The molecule has 0 unspecified atom stereocenters. The normalized spacial score (nSPS) is 14.7. The molecule has 1 saturated heterocycles. The number of hydrogen-bond acceptors (Lipinski definition) is 5. The van der Waals surface area contributed by atoms with Crippen molar-refractivity contribution >= 4 is 45.1 Å². The number of halogens is 1. The van der Waals surface area contributed by atoms with Crippen molar-refractivity contribution in [3.63, 3.8) is 0 Å². The summed E-state index contributed by atoms with van der Waals surface area (Å²) >= 11 is 6.22. The SMILES string of the molecule is Nc1ncc2ccc(Cl)cc2c1-c1nc2ccc(C(=O)NCCCN3CCCCC3)cc2[nH]1. The number of imidazole rings is 1. The summed E-state index contributed by atoms with van der Waals surface area (Å²) in [7, 11) is 0. The molecule has 2 aromatic carbocycles. The number of fused-ring (bicyclic) bond motifs is 2. The number of aromatic nitrogens is 3. The van der Waals surface area contributed by atoms with E-state index >= 15 is 0 Å². The van der Waals surface area contributed by atoms with Crippen molar-refractivity contribution in [2.45, 2.75) is 25.7 Å². The van der Waals surface area contributed by atoms with Crippen molar-refractivity contribution < 1.29 is 4.79 Å². The molecule has 1 aliphatic rings. The average Bonchev–Trinajstić information content (AvgIpc) is 3.25. The first-order valence-electron chi connectivity index (χ1n) is 11.4. The molecule has 0 bridgehead atoms. The van der Waals surface area contributed by atoms with Crippen LogP contribution in [0.25, 0.3) is 33.2 Å². The van der Waals surface area contributed by atoms with Gasteiger partial charge in [-0.15, -0.1) is 0 Å². The summed E-state index contributed by atoms with van der Waals surface area (Å²) in [6.45, 7) is 4.06. The number of anilines is 1. The van der Waals surface area contributed by atoms with Gasteiger partial charge in [0.1, 0.15) is 11.6 Å². The van der Waals surface area contributed by atoms with E-state index < -0.39 is 0 Å². The second kappa shape index (κ2) is 9.37. The van der Waals surface area contributed by atoms with E-state index in [4.69, 9.17) is 22.3 Å². The number of nitrogen functional groups attached to an aromatic ring is 1. The van der Waals surface area contributed by atoms with Crippen LogP contribution in [0, 0.1) is 0 Å². The van der Waals surface area contributed by atoms with E-state index in [1.54, 1.807) is 12.3 Å². The van der Waals surface area contributed by atoms with Crippen LogP contribution in [0.5, 0.6) is 0 Å². The smallest absolute Gasteiger partial charge is 0.251 e. The Bertz CT molecular complexity index is 1310. The van der Waals surface area contributed by atoms with Crippen LogP contribution in [-0.4, -0.2) is 51.9 Å². The molecule has 4 N–H and O–H groups in total. The van der Waals surface area contributed by atoms with Gasteiger partial charge in [0, 0.05) is 28.7 Å². The molecule has 3 heterocycles. The molecule has 0 radical (unpaired) electrons. The molecule has 8 heteroatoms. The monoisotopic (exact) mass is 462 g/mol. The standard InChI is InChI=1S/C25H27ClN6O/c26-18-7-5-17-15-29-23(27)22(19(17)14-18)24-30-20-8-6-16(13-21(20)31-24)25(33)28-9-4-12-32-10-2-1-3-11-32/h5-8,13-15H,1-4,9-12H2,(H2,27,29)(H,28,33)(H,30,31). The summed E-state index contributed by atoms with van der Waals surface area (Å²) in [5.41, 5.74) is 9.03. The van der Waals surface area contributed by atoms with Crippen LogP contribution >= 0.6 is 11.6 Å². The maximum Gasteiger partial charge on any atom is 0.251 e. The Balaban J connectivity index is 1.33. The molecule has 1 aliphatic heterocycles. The summed E-state index contributed by atoms with van der Waals surface area (Å²) in [6, 6.07) is 11.1. The van der Waals surface area contributed by atoms with Gasteiger partial charge in [0.2, 0.25) is 0 Å². The molecule has 0 aliphatic carbocycles. The predicted octanol–water partition coefficient (Wildman–Crippen LogP) is 4.62. The van der Waals surface area contributed by atoms with E-state index in [9.17, 15) is 4.79 Å². The van der Waals surface area contributed by atoms with Gasteiger partial charge in [-0.25, -0.2) is 9.97 Å². The van der Waals surface area contributed by atoms with Crippen LogP contribution in [0.1, 0.15) is 36.0 Å². The minimum atomic E-state index is -0.0789. The lowest BCUT2D eigenvalue weighted by atomic mass is 10.1. The van der Waals surface area contributed by atoms with Crippen LogP contribution in [0.2, 0.25) is 5.02 Å². The average molecular weight is 463 g/mol. The molecule has 0 atom stereocenters. The maximum atomic E-state index is 12.7. The van der Waals surface area contributed by atoms with E-state index in [1.165, 1.54) is 32.4 Å². The first-order chi connectivity index (χ1) is 16.1. The van der Waals surface area contributed by atoms with Gasteiger partial charge in [0.25, 0.3) is 5.91 Å². The van der Waals surface area contributed by atoms with E-state index in [0.29, 0.717) is 34.3 Å². The first-order valence-corrected chi connectivity index (χ1v) is 11.8. The van der Waals surface area contributed by atoms with Gasteiger partial charge in [-0.3, -0.25) is 4.79 Å². The Morgan fingerprint density at radius 1 is 1.15 bits per heavy atom. The van der Waals surface area contributed by atoms with Gasteiger partial charge in [-0.1, -0.05) is 24.1 Å². The molecule has 0 saturated carbocycles. The summed E-state index contributed by atoms with van der Waals surface area (Å²) < 4.78 is 0. The van der Waals surface area contributed by atoms with Crippen LogP contribution in [-0.2, 0) is 0 Å². The topological polar surface area (TPSA) is 99.9 Å². The number of H-pyrrole nitrogens is 1. The van der Waals surface area contributed by atoms with Gasteiger partial charge in [-0.05, 0) is 74.6 Å². The minimum absolute atomic E-state index is 0.0789. The molecule has 7 nitrogen and oxygen atoms in total. The number of amides is 1. The third-order valence-corrected chi connectivity index (χ3v) is 6.48. The number of carbonyl (C=O) groups is 1. The lowest BCUT2D eigenvalue weighted by molar-refractivity contribution is 0.0951. The van der Waals surface area contributed by atoms with Crippen molar-refractivity contribution in [2.24, 2.45) is 0 Å². The number of nitrogens with zero attached hydrogens (tertiary/aromatic N) is 3. The van der Waals surface area contributed by atoms with Crippen molar-refractivity contribution in [1.82, 2.24) is 25.2 Å². The molecule has 0 spiro atoms. The lowest BCUT2D eigenvalue weighted by Crippen LogP contribution is -2.33. The fourth-order valence-corrected chi connectivity index (χ4v) is 4.68. The zero-order valence-corrected chi connectivity index (χ0v) is 19.2. The molecular weight excluding hydrogens is 436 g/mol. The predicted molar refractivity (Wildman–Crippen MR) is 133 cm³/mol. The van der Waals surface area contributed by atoms with Crippen molar-refractivity contribution in [3.8, 4) is 11.4 Å². The highest BCUT2D eigenvalue weighted by Crippen LogP contribution is 2.33. The van der Waals surface area contributed by atoms with Gasteiger partial charge in [-0.2, -0.15) is 0 Å². The molecule has 2 aromatic heterocycles. The number of likely N-dealkylation sites (tertiary alicyclic amines) is 1. The van der Waals surface area contributed by atoms with Crippen LogP contribution in [0.3, 0.4) is 0 Å². The second-order valence-corrected chi connectivity index (χ2v) is 9.02. The number of benzene rings is 2. The van der Waals surface area contributed by atoms with Gasteiger partial charge in [0.05, 0.1) is 16.6 Å². The Kier molecular flexibility index (Phi) is 6.15.